The zero-order valence-electron chi connectivity index (χ0n) is 19.6. The summed E-state index contributed by atoms with van der Waals surface area (Å²) in [5, 5.41) is 0. The number of hydrogen-bond acceptors (Lipinski definition) is 7. The van der Waals surface area contributed by atoms with Crippen molar-refractivity contribution in [2.75, 3.05) is 6.61 Å². The Bertz CT molecular complexity index is 780. The Kier molecular flexibility index (Phi) is 17.9. The minimum absolute atomic E-state index is 0. The molecular formula is C23H35KO7S. The van der Waals surface area contributed by atoms with Crippen LogP contribution >= 0.6 is 0 Å². The van der Waals surface area contributed by atoms with Crippen LogP contribution in [-0.2, 0) is 19.6 Å². The second-order valence-corrected chi connectivity index (χ2v) is 9.14. The maximum atomic E-state index is 12.4. The minimum atomic E-state index is -4.80. The van der Waals surface area contributed by atoms with Crippen LogP contribution in [0.5, 0.6) is 0 Å². The van der Waals surface area contributed by atoms with Crippen molar-refractivity contribution in [1.82, 2.24) is 0 Å². The van der Waals surface area contributed by atoms with Gasteiger partial charge in [-0.05, 0) is 25.0 Å². The minimum Gasteiger partial charge on any atom is -0.745 e. The molecule has 0 bridgehead atoms. The molecule has 0 aliphatic carbocycles. The fourth-order valence-corrected chi connectivity index (χ4v) is 3.90. The van der Waals surface area contributed by atoms with E-state index < -0.39 is 27.5 Å². The molecule has 176 valence electrons. The molecule has 0 aliphatic rings. The first-order valence-electron chi connectivity index (χ1n) is 11.2. The van der Waals surface area contributed by atoms with E-state index in [0.29, 0.717) is 6.42 Å². The molecule has 0 heterocycles. The summed E-state index contributed by atoms with van der Waals surface area (Å²) in [5.41, 5.74) is -1.91. The molecule has 0 spiro atoms. The average Bonchev–Trinajstić information content (AvgIpc) is 2.73. The van der Waals surface area contributed by atoms with Crippen LogP contribution in [0, 0.1) is 0 Å². The van der Waals surface area contributed by atoms with Gasteiger partial charge in [0.1, 0.15) is 10.1 Å². The molecule has 0 saturated heterocycles. The van der Waals surface area contributed by atoms with Gasteiger partial charge in [0.2, 0.25) is 0 Å². The third-order valence-corrected chi connectivity index (χ3v) is 5.91. The van der Waals surface area contributed by atoms with Crippen LogP contribution in [0.1, 0.15) is 105 Å². The van der Waals surface area contributed by atoms with Gasteiger partial charge >= 0.3 is 63.3 Å². The predicted molar refractivity (Wildman–Crippen MR) is 118 cm³/mol. The van der Waals surface area contributed by atoms with Crippen molar-refractivity contribution in [2.24, 2.45) is 0 Å². The van der Waals surface area contributed by atoms with Gasteiger partial charge in [-0.25, -0.2) is 18.0 Å². The SMILES string of the molecule is CCCCCCCCCCCOC(=O)c1ccccc1C(=O)OC(CCC)S(=O)(=O)[O-].[K+]. The molecule has 7 nitrogen and oxygen atoms in total. The molecule has 0 amide bonds. The fourth-order valence-electron chi connectivity index (χ4n) is 3.18. The molecule has 0 aliphatic heterocycles. The summed E-state index contributed by atoms with van der Waals surface area (Å²) in [6, 6.07) is 5.85. The normalized spacial score (nSPS) is 12.0. The van der Waals surface area contributed by atoms with Gasteiger partial charge in [0.15, 0.2) is 5.44 Å². The summed E-state index contributed by atoms with van der Waals surface area (Å²) in [6.07, 6.45) is 10.5. The van der Waals surface area contributed by atoms with E-state index in [9.17, 15) is 22.6 Å². The molecule has 9 heteroatoms. The van der Waals surface area contributed by atoms with E-state index >= 15 is 0 Å². The molecule has 1 aromatic carbocycles. The first-order valence-corrected chi connectivity index (χ1v) is 12.7. The van der Waals surface area contributed by atoms with Crippen LogP contribution in [0.2, 0.25) is 0 Å². The Hall–Kier alpha value is -0.294. The summed E-state index contributed by atoms with van der Waals surface area (Å²) in [5.74, 6) is -1.71. The Balaban J connectivity index is 0.00000961. The number of benzene rings is 1. The Morgan fingerprint density at radius 2 is 1.34 bits per heavy atom. The summed E-state index contributed by atoms with van der Waals surface area (Å²) in [7, 11) is -4.80. The molecule has 0 aromatic heterocycles. The van der Waals surface area contributed by atoms with Crippen LogP contribution < -0.4 is 51.4 Å². The van der Waals surface area contributed by atoms with Crippen LogP contribution in [0.3, 0.4) is 0 Å². The Labute approximate surface area is 235 Å². The van der Waals surface area contributed by atoms with Crippen molar-refractivity contribution in [1.29, 1.82) is 0 Å². The third kappa shape index (κ3) is 12.8. The second-order valence-electron chi connectivity index (χ2n) is 7.63. The van der Waals surface area contributed by atoms with E-state index in [1.54, 1.807) is 13.0 Å². The van der Waals surface area contributed by atoms with Crippen LogP contribution in [0.25, 0.3) is 0 Å². The number of hydrogen-bond donors (Lipinski definition) is 0. The Morgan fingerprint density at radius 3 is 1.84 bits per heavy atom. The standard InChI is InChI=1S/C23H36O7S.K/c1-3-5-6-7-8-9-10-11-14-18-29-22(24)19-16-12-13-17-20(19)23(25)30-21(15-4-2)31(26,27)28;/h12-13,16-17,21H,3-11,14-15,18H2,1-2H3,(H,26,27,28);/q;+1/p-1. The van der Waals surface area contributed by atoms with E-state index in [-0.39, 0.29) is 75.5 Å². The first kappa shape index (κ1) is 31.7. The van der Waals surface area contributed by atoms with Crippen LogP contribution in [0.15, 0.2) is 24.3 Å². The van der Waals surface area contributed by atoms with Crippen molar-refractivity contribution in [2.45, 2.75) is 89.9 Å². The van der Waals surface area contributed by atoms with Gasteiger partial charge < -0.3 is 14.0 Å². The topological polar surface area (TPSA) is 110 Å². The summed E-state index contributed by atoms with van der Waals surface area (Å²) >= 11 is 0. The largest absolute Gasteiger partial charge is 1.00 e. The maximum absolute atomic E-state index is 12.4. The van der Waals surface area contributed by atoms with Crippen molar-refractivity contribution in [3.63, 3.8) is 0 Å². The molecule has 32 heavy (non-hydrogen) atoms. The number of carbonyl (C=O) groups is 2. The fraction of sp³-hybridized carbons (Fsp3) is 0.652. The van der Waals surface area contributed by atoms with Crippen molar-refractivity contribution >= 4 is 22.1 Å². The van der Waals surface area contributed by atoms with E-state index in [1.165, 1.54) is 56.7 Å². The van der Waals surface area contributed by atoms with Gasteiger partial charge in [0.25, 0.3) is 0 Å². The zero-order chi connectivity index (χ0) is 23.1. The van der Waals surface area contributed by atoms with E-state index in [1.807, 2.05) is 0 Å². The molecule has 0 radical (unpaired) electrons. The molecule has 0 fully saturated rings. The average molecular weight is 495 g/mol. The van der Waals surface area contributed by atoms with Gasteiger partial charge in [0, 0.05) is 0 Å². The van der Waals surface area contributed by atoms with Gasteiger partial charge in [-0.3, -0.25) is 0 Å². The number of esters is 2. The van der Waals surface area contributed by atoms with Crippen LogP contribution in [0.4, 0.5) is 0 Å². The molecular weight excluding hydrogens is 459 g/mol. The maximum Gasteiger partial charge on any atom is 1.00 e. The quantitative estimate of drug-likeness (QED) is 0.150. The van der Waals surface area contributed by atoms with E-state index in [2.05, 4.69) is 6.92 Å². The molecule has 1 unspecified atom stereocenters. The monoisotopic (exact) mass is 494 g/mol. The molecule has 1 rings (SSSR count). The number of unbranched alkanes of at least 4 members (excludes halogenated alkanes) is 8. The molecule has 0 N–H and O–H groups in total. The van der Waals surface area contributed by atoms with E-state index in [4.69, 9.17) is 9.47 Å². The first-order chi connectivity index (χ1) is 14.8. The van der Waals surface area contributed by atoms with Gasteiger partial charge in [-0.2, -0.15) is 0 Å². The Morgan fingerprint density at radius 1 is 0.844 bits per heavy atom. The number of rotatable bonds is 16. The molecule has 1 atom stereocenters. The van der Waals surface area contributed by atoms with Crippen LogP contribution in [-0.4, -0.2) is 37.0 Å². The third-order valence-electron chi connectivity index (χ3n) is 4.93. The van der Waals surface area contributed by atoms with Gasteiger partial charge in [-0.15, -0.1) is 0 Å². The smallest absolute Gasteiger partial charge is 0.745 e. The predicted octanol–water partition coefficient (Wildman–Crippen LogP) is 2.21. The molecule has 1 aromatic rings. The van der Waals surface area contributed by atoms with E-state index in [0.717, 1.165) is 19.3 Å². The molecule has 0 saturated carbocycles. The number of carbonyl (C=O) groups excluding carboxylic acids is 2. The van der Waals surface area contributed by atoms with Crippen molar-refractivity contribution in [3.05, 3.63) is 35.4 Å². The van der Waals surface area contributed by atoms with Gasteiger partial charge in [-0.1, -0.05) is 83.8 Å². The second kappa shape index (κ2) is 18.1. The van der Waals surface area contributed by atoms with Crippen molar-refractivity contribution in [3.8, 4) is 0 Å². The summed E-state index contributed by atoms with van der Waals surface area (Å²) in [6.45, 7) is 4.11. The number of ether oxygens (including phenoxy) is 2. The summed E-state index contributed by atoms with van der Waals surface area (Å²) < 4.78 is 44.1. The summed E-state index contributed by atoms with van der Waals surface area (Å²) in [4.78, 5) is 24.8. The van der Waals surface area contributed by atoms with Crippen molar-refractivity contribution < 1.29 is 83.4 Å². The van der Waals surface area contributed by atoms with Gasteiger partial charge in [0.05, 0.1) is 17.7 Å². The zero-order valence-corrected chi connectivity index (χ0v) is 23.6.